The Bertz CT molecular complexity index is 1450. The number of aryl methyl sites for hydroxylation is 1. The number of fused-ring (bicyclic) bond motifs is 1. The molecule has 0 bridgehead atoms. The highest BCUT2D eigenvalue weighted by Gasteiger charge is 2.57. The van der Waals surface area contributed by atoms with Crippen LogP contribution in [0.15, 0.2) is 66.9 Å². The van der Waals surface area contributed by atoms with Gasteiger partial charge in [0.1, 0.15) is 11.4 Å². The number of nitrogens with zero attached hydrogens (tertiary/aromatic N) is 2. The monoisotopic (exact) mass is 594 g/mol. The van der Waals surface area contributed by atoms with Crippen LogP contribution in [0.1, 0.15) is 42.5 Å². The Labute approximate surface area is 236 Å². The number of pyridine rings is 1. The van der Waals surface area contributed by atoms with Crippen molar-refractivity contribution in [3.05, 3.63) is 83.7 Å². The van der Waals surface area contributed by atoms with Crippen LogP contribution in [-0.4, -0.2) is 55.6 Å². The van der Waals surface area contributed by atoms with Crippen LogP contribution in [0.4, 0.5) is 22.0 Å². The van der Waals surface area contributed by atoms with Gasteiger partial charge in [-0.05, 0) is 72.2 Å². The lowest BCUT2D eigenvalue weighted by Crippen LogP contribution is -2.50. The molecule has 5 nitrogen and oxygen atoms in total. The van der Waals surface area contributed by atoms with Crippen LogP contribution in [0, 0.1) is 0 Å². The maximum absolute atomic E-state index is 13.3. The van der Waals surface area contributed by atoms with Crippen molar-refractivity contribution in [2.45, 2.75) is 61.3 Å². The SMILES string of the molecule is O=S(=O)(Cc1ccc(-c2ccc3c(c2)CCC2(CCN(CCC(F)(F)C(F)(F)F)CC2)O3)cc1)Cc1ccccn1. The first kappa shape index (κ1) is 29.4. The molecule has 2 aliphatic rings. The molecule has 0 radical (unpaired) electrons. The minimum atomic E-state index is -5.53. The van der Waals surface area contributed by atoms with Gasteiger partial charge in [0.15, 0.2) is 9.84 Å². The summed E-state index contributed by atoms with van der Waals surface area (Å²) in [4.78, 5) is 5.75. The zero-order chi connectivity index (χ0) is 29.3. The highest BCUT2D eigenvalue weighted by Crippen LogP contribution is 2.42. The molecule has 1 aromatic heterocycles. The largest absolute Gasteiger partial charge is 0.487 e. The van der Waals surface area contributed by atoms with E-state index in [0.29, 0.717) is 37.2 Å². The fourth-order valence-corrected chi connectivity index (χ4v) is 6.91. The van der Waals surface area contributed by atoms with Gasteiger partial charge in [-0.3, -0.25) is 4.98 Å². The normalized spacial score (nSPS) is 17.7. The van der Waals surface area contributed by atoms with Crippen LogP contribution in [0.5, 0.6) is 5.75 Å². The molecule has 0 amide bonds. The lowest BCUT2D eigenvalue weighted by atomic mass is 9.82. The van der Waals surface area contributed by atoms with Gasteiger partial charge in [-0.2, -0.15) is 22.0 Å². The van der Waals surface area contributed by atoms with Crippen molar-refractivity contribution in [1.82, 2.24) is 9.88 Å². The van der Waals surface area contributed by atoms with Crippen LogP contribution >= 0.6 is 0 Å². The Morgan fingerprint density at radius 3 is 2.24 bits per heavy atom. The molecule has 3 aromatic rings. The van der Waals surface area contributed by atoms with Gasteiger partial charge in [-0.15, -0.1) is 0 Å². The maximum atomic E-state index is 13.3. The van der Waals surface area contributed by atoms with Crippen LogP contribution in [-0.2, 0) is 27.8 Å². The van der Waals surface area contributed by atoms with Crippen LogP contribution < -0.4 is 4.74 Å². The number of likely N-dealkylation sites (tertiary alicyclic amines) is 1. The molecule has 220 valence electrons. The predicted molar refractivity (Wildman–Crippen MR) is 145 cm³/mol. The molecule has 5 rings (SSSR count). The Balaban J connectivity index is 1.17. The molecule has 2 aromatic carbocycles. The van der Waals surface area contributed by atoms with E-state index in [1.54, 1.807) is 29.3 Å². The topological polar surface area (TPSA) is 59.5 Å². The minimum absolute atomic E-state index is 0.0772. The second-order valence-corrected chi connectivity index (χ2v) is 13.0. The molecule has 2 aliphatic heterocycles. The summed E-state index contributed by atoms with van der Waals surface area (Å²) in [7, 11) is -3.37. The molecule has 0 unspecified atom stereocenters. The first-order valence-electron chi connectivity index (χ1n) is 13.5. The van der Waals surface area contributed by atoms with E-state index >= 15 is 0 Å². The summed E-state index contributed by atoms with van der Waals surface area (Å²) in [5.74, 6) is -4.12. The zero-order valence-corrected chi connectivity index (χ0v) is 23.2. The summed E-state index contributed by atoms with van der Waals surface area (Å²) in [6.07, 6.45) is -2.56. The van der Waals surface area contributed by atoms with Gasteiger partial charge in [-0.25, -0.2) is 8.42 Å². The van der Waals surface area contributed by atoms with Gasteiger partial charge in [0, 0.05) is 32.3 Å². The van der Waals surface area contributed by atoms with Gasteiger partial charge in [0.2, 0.25) is 0 Å². The third-order valence-corrected chi connectivity index (χ3v) is 9.44. The minimum Gasteiger partial charge on any atom is -0.487 e. The third-order valence-electron chi connectivity index (χ3n) is 7.93. The second kappa shape index (κ2) is 11.3. The summed E-state index contributed by atoms with van der Waals surface area (Å²) in [6, 6.07) is 18.5. The zero-order valence-electron chi connectivity index (χ0n) is 22.3. The van der Waals surface area contributed by atoms with Crippen molar-refractivity contribution < 1.29 is 35.1 Å². The third kappa shape index (κ3) is 7.06. The summed E-state index contributed by atoms with van der Waals surface area (Å²) < 4.78 is 95.7. The van der Waals surface area contributed by atoms with Gasteiger partial charge in [0.25, 0.3) is 0 Å². The predicted octanol–water partition coefficient (Wildman–Crippen LogP) is 6.61. The van der Waals surface area contributed by atoms with Crippen molar-refractivity contribution in [3.8, 4) is 16.9 Å². The fraction of sp³-hybridized carbons (Fsp3) is 0.433. The van der Waals surface area contributed by atoms with Crippen LogP contribution in [0.3, 0.4) is 0 Å². The molecule has 0 N–H and O–H groups in total. The van der Waals surface area contributed by atoms with E-state index in [-0.39, 0.29) is 18.1 Å². The Kier molecular flexibility index (Phi) is 8.13. The Morgan fingerprint density at radius 2 is 1.59 bits per heavy atom. The Hall–Kier alpha value is -3.05. The standard InChI is InChI=1S/C30H31F5N2O3S/c31-29(32,30(33,34)35)14-18-37-16-12-28(13-17-37)11-10-25-19-24(8-9-27(25)40-28)23-6-4-22(5-7-23)20-41(38,39)21-26-3-1-2-15-36-26/h1-9,15,19H,10-14,16-18,20-21H2. The number of alkyl halides is 5. The number of ether oxygens (including phenoxy) is 1. The van der Waals surface area contributed by atoms with Crippen molar-refractivity contribution >= 4 is 9.84 Å². The number of benzene rings is 2. The summed E-state index contributed by atoms with van der Waals surface area (Å²) in [5.41, 5.74) is 3.73. The van der Waals surface area contributed by atoms with E-state index in [2.05, 4.69) is 11.1 Å². The van der Waals surface area contributed by atoms with Crippen molar-refractivity contribution in [2.75, 3.05) is 19.6 Å². The molecule has 1 fully saturated rings. The van der Waals surface area contributed by atoms with Gasteiger partial charge >= 0.3 is 12.1 Å². The summed E-state index contributed by atoms with van der Waals surface area (Å²) >= 11 is 0. The molecule has 0 saturated carbocycles. The number of hydrogen-bond donors (Lipinski definition) is 0. The van der Waals surface area contributed by atoms with E-state index in [1.165, 1.54) is 0 Å². The second-order valence-electron chi connectivity index (χ2n) is 11.0. The summed E-state index contributed by atoms with van der Waals surface area (Å²) in [5, 5.41) is 0. The average molecular weight is 595 g/mol. The smallest absolute Gasteiger partial charge is 0.453 e. The molecular weight excluding hydrogens is 563 g/mol. The number of aromatic nitrogens is 1. The number of rotatable bonds is 8. The lowest BCUT2D eigenvalue weighted by Gasteiger charge is -2.45. The van der Waals surface area contributed by atoms with Crippen LogP contribution in [0.2, 0.25) is 0 Å². The molecule has 1 spiro atoms. The van der Waals surface area contributed by atoms with Crippen molar-refractivity contribution in [3.63, 3.8) is 0 Å². The van der Waals surface area contributed by atoms with E-state index in [9.17, 15) is 30.4 Å². The van der Waals surface area contributed by atoms with Crippen LogP contribution in [0.25, 0.3) is 11.1 Å². The van der Waals surface area contributed by atoms with E-state index in [0.717, 1.165) is 35.3 Å². The van der Waals surface area contributed by atoms with Gasteiger partial charge in [-0.1, -0.05) is 36.4 Å². The number of halogens is 5. The molecule has 3 heterocycles. The average Bonchev–Trinajstić information content (AvgIpc) is 2.92. The number of piperidine rings is 1. The highest BCUT2D eigenvalue weighted by molar-refractivity contribution is 7.89. The first-order valence-corrected chi connectivity index (χ1v) is 15.3. The van der Waals surface area contributed by atoms with Gasteiger partial charge in [0.05, 0.1) is 17.2 Å². The number of hydrogen-bond acceptors (Lipinski definition) is 5. The lowest BCUT2D eigenvalue weighted by molar-refractivity contribution is -0.285. The summed E-state index contributed by atoms with van der Waals surface area (Å²) in [6.45, 7) is 0.508. The number of sulfone groups is 1. The van der Waals surface area contributed by atoms with Crippen molar-refractivity contribution in [1.29, 1.82) is 0 Å². The maximum Gasteiger partial charge on any atom is 0.453 e. The van der Waals surface area contributed by atoms with E-state index in [4.69, 9.17) is 4.74 Å². The first-order chi connectivity index (χ1) is 19.3. The molecule has 0 aliphatic carbocycles. The molecule has 0 atom stereocenters. The molecular formula is C30H31F5N2O3S. The molecule has 41 heavy (non-hydrogen) atoms. The van der Waals surface area contributed by atoms with E-state index in [1.807, 2.05) is 36.4 Å². The van der Waals surface area contributed by atoms with Crippen molar-refractivity contribution in [2.24, 2.45) is 0 Å². The van der Waals surface area contributed by atoms with Gasteiger partial charge < -0.3 is 9.64 Å². The molecule has 11 heteroatoms. The molecule has 1 saturated heterocycles. The highest BCUT2D eigenvalue weighted by atomic mass is 32.2. The van der Waals surface area contributed by atoms with E-state index < -0.39 is 34.0 Å². The quantitative estimate of drug-likeness (QED) is 0.275. The Morgan fingerprint density at radius 1 is 0.878 bits per heavy atom. The fourth-order valence-electron chi connectivity index (χ4n) is 5.48.